The van der Waals surface area contributed by atoms with Crippen molar-refractivity contribution in [1.82, 2.24) is 5.32 Å². The van der Waals surface area contributed by atoms with Crippen molar-refractivity contribution in [2.24, 2.45) is 0 Å². The zero-order chi connectivity index (χ0) is 13.5. The molecule has 0 aliphatic heterocycles. The number of amides is 1. The molecule has 18 heavy (non-hydrogen) atoms. The molecule has 94 valence electrons. The maximum atomic E-state index is 11.4. The third kappa shape index (κ3) is 4.05. The van der Waals surface area contributed by atoms with Gasteiger partial charge in [0, 0.05) is 12.1 Å². The zero-order valence-electron chi connectivity index (χ0n) is 9.27. The van der Waals surface area contributed by atoms with Gasteiger partial charge in [-0.25, -0.2) is 0 Å². The Hall–Kier alpha value is -2.10. The van der Waals surface area contributed by atoms with Crippen LogP contribution in [0.1, 0.15) is 0 Å². The van der Waals surface area contributed by atoms with Crippen molar-refractivity contribution in [2.75, 3.05) is 18.4 Å². The van der Waals surface area contributed by atoms with Gasteiger partial charge in [-0.15, -0.1) is 6.42 Å². The van der Waals surface area contributed by atoms with Gasteiger partial charge in [0.05, 0.1) is 28.7 Å². The van der Waals surface area contributed by atoms with Crippen LogP contribution in [0.3, 0.4) is 0 Å². The fourth-order valence-corrected chi connectivity index (χ4v) is 1.38. The minimum atomic E-state index is -0.564. The molecule has 7 heteroatoms. The van der Waals surface area contributed by atoms with Crippen molar-refractivity contribution < 1.29 is 9.72 Å². The summed E-state index contributed by atoms with van der Waals surface area (Å²) in [7, 11) is 0. The van der Waals surface area contributed by atoms with Crippen molar-refractivity contribution in [3.8, 4) is 12.3 Å². The predicted molar refractivity (Wildman–Crippen MR) is 68.4 cm³/mol. The van der Waals surface area contributed by atoms with E-state index in [1.807, 2.05) is 0 Å². The number of rotatable bonds is 5. The van der Waals surface area contributed by atoms with Crippen LogP contribution in [0.25, 0.3) is 0 Å². The van der Waals surface area contributed by atoms with Crippen LogP contribution in [0.5, 0.6) is 0 Å². The monoisotopic (exact) mass is 267 g/mol. The van der Waals surface area contributed by atoms with Crippen LogP contribution in [0.2, 0.25) is 5.02 Å². The molecule has 0 radical (unpaired) electrons. The van der Waals surface area contributed by atoms with Crippen molar-refractivity contribution in [3.05, 3.63) is 33.3 Å². The fourth-order valence-electron chi connectivity index (χ4n) is 1.16. The Bertz CT molecular complexity index is 511. The minimum absolute atomic E-state index is 0.0392. The molecule has 0 aromatic heterocycles. The van der Waals surface area contributed by atoms with Crippen LogP contribution >= 0.6 is 11.6 Å². The van der Waals surface area contributed by atoms with E-state index in [9.17, 15) is 14.9 Å². The van der Waals surface area contributed by atoms with E-state index in [2.05, 4.69) is 16.6 Å². The molecule has 6 nitrogen and oxygen atoms in total. The van der Waals surface area contributed by atoms with Gasteiger partial charge in [0.1, 0.15) is 0 Å². The molecule has 0 bridgehead atoms. The van der Waals surface area contributed by atoms with Crippen LogP contribution in [0.4, 0.5) is 11.4 Å². The summed E-state index contributed by atoms with van der Waals surface area (Å²) in [5.41, 5.74) is 0.179. The molecule has 2 N–H and O–H groups in total. The average molecular weight is 268 g/mol. The van der Waals surface area contributed by atoms with E-state index in [0.717, 1.165) is 0 Å². The van der Waals surface area contributed by atoms with E-state index in [1.165, 1.54) is 18.2 Å². The smallest absolute Gasteiger partial charge is 0.271 e. The number of carbonyl (C=O) groups is 1. The number of terminal acetylenes is 1. The average Bonchev–Trinajstić information content (AvgIpc) is 2.32. The number of hydrogen-bond acceptors (Lipinski definition) is 4. The van der Waals surface area contributed by atoms with Gasteiger partial charge >= 0.3 is 0 Å². The molecule has 0 heterocycles. The first-order chi connectivity index (χ1) is 8.54. The largest absolute Gasteiger partial charge is 0.324 e. The van der Waals surface area contributed by atoms with Crippen molar-refractivity contribution >= 4 is 28.9 Å². The Kier molecular flexibility index (Phi) is 5.11. The van der Waals surface area contributed by atoms with E-state index in [-0.39, 0.29) is 29.7 Å². The molecule has 0 aliphatic carbocycles. The molecule has 0 aliphatic rings. The van der Waals surface area contributed by atoms with Gasteiger partial charge in [-0.2, -0.15) is 0 Å². The molecule has 1 aromatic carbocycles. The standard InChI is InChI=1S/C11H10ClN3O3/c1-2-5-13-7-11(16)14-10-4-3-8(15(17)18)6-9(10)12/h1,3-4,6,13H,5,7H2,(H,14,16). The van der Waals surface area contributed by atoms with Crippen LogP contribution in [-0.2, 0) is 4.79 Å². The van der Waals surface area contributed by atoms with Crippen LogP contribution < -0.4 is 10.6 Å². The molecule has 1 rings (SSSR count). The molecule has 0 atom stereocenters. The first-order valence-electron chi connectivity index (χ1n) is 4.92. The normalized spacial score (nSPS) is 9.56. The van der Waals surface area contributed by atoms with E-state index in [4.69, 9.17) is 18.0 Å². The number of non-ortho nitro benzene ring substituents is 1. The third-order valence-electron chi connectivity index (χ3n) is 1.95. The van der Waals surface area contributed by atoms with Crippen LogP contribution in [0.15, 0.2) is 18.2 Å². The summed E-state index contributed by atoms with van der Waals surface area (Å²) in [6.07, 6.45) is 5.01. The van der Waals surface area contributed by atoms with Gasteiger partial charge in [-0.1, -0.05) is 17.5 Å². The fraction of sp³-hybridized carbons (Fsp3) is 0.182. The van der Waals surface area contributed by atoms with Crippen molar-refractivity contribution in [1.29, 1.82) is 0 Å². The molecule has 1 aromatic rings. The molecule has 0 saturated heterocycles. The van der Waals surface area contributed by atoms with Crippen molar-refractivity contribution in [3.63, 3.8) is 0 Å². The summed E-state index contributed by atoms with van der Waals surface area (Å²) in [5, 5.41) is 15.8. The maximum absolute atomic E-state index is 11.4. The number of carbonyl (C=O) groups excluding carboxylic acids is 1. The number of anilines is 1. The molecule has 0 spiro atoms. The number of nitro benzene ring substituents is 1. The van der Waals surface area contributed by atoms with Crippen LogP contribution in [0, 0.1) is 22.5 Å². The lowest BCUT2D eigenvalue weighted by molar-refractivity contribution is -0.384. The maximum Gasteiger partial charge on any atom is 0.271 e. The quantitative estimate of drug-likeness (QED) is 0.366. The highest BCUT2D eigenvalue weighted by Gasteiger charge is 2.11. The van der Waals surface area contributed by atoms with Gasteiger partial charge < -0.3 is 5.32 Å². The third-order valence-corrected chi connectivity index (χ3v) is 2.26. The van der Waals surface area contributed by atoms with Crippen molar-refractivity contribution in [2.45, 2.75) is 0 Å². The summed E-state index contributed by atoms with van der Waals surface area (Å²) in [6.45, 7) is 0.318. The Morgan fingerprint density at radius 2 is 2.28 bits per heavy atom. The topological polar surface area (TPSA) is 84.3 Å². The first-order valence-corrected chi connectivity index (χ1v) is 5.30. The van der Waals surface area contributed by atoms with Gasteiger partial charge in [-0.05, 0) is 6.07 Å². The lowest BCUT2D eigenvalue weighted by Gasteiger charge is -2.06. The number of nitro groups is 1. The number of nitrogens with one attached hydrogen (secondary N) is 2. The number of benzene rings is 1. The molecule has 1 amide bonds. The highest BCUT2D eigenvalue weighted by atomic mass is 35.5. The predicted octanol–water partition coefficient (Wildman–Crippen LogP) is 1.41. The minimum Gasteiger partial charge on any atom is -0.324 e. The zero-order valence-corrected chi connectivity index (χ0v) is 10.0. The Labute approximate surface area is 108 Å². The molecular weight excluding hydrogens is 258 g/mol. The van der Waals surface area contributed by atoms with Crippen LogP contribution in [-0.4, -0.2) is 23.9 Å². The molecular formula is C11H10ClN3O3. The summed E-state index contributed by atoms with van der Waals surface area (Å²) < 4.78 is 0. The number of halogens is 1. The van der Waals surface area contributed by atoms with E-state index in [1.54, 1.807) is 0 Å². The van der Waals surface area contributed by atoms with Gasteiger partial charge in [0.25, 0.3) is 5.69 Å². The first kappa shape index (κ1) is 14.0. The Morgan fingerprint density at radius 1 is 1.56 bits per heavy atom. The second kappa shape index (κ2) is 6.59. The molecule has 0 fully saturated rings. The second-order valence-corrected chi connectivity index (χ2v) is 3.68. The molecule has 0 unspecified atom stereocenters. The SMILES string of the molecule is C#CCNCC(=O)Nc1ccc([N+](=O)[O-])cc1Cl. The van der Waals surface area contributed by atoms with E-state index >= 15 is 0 Å². The summed E-state index contributed by atoms with van der Waals surface area (Å²) in [6, 6.07) is 3.81. The summed E-state index contributed by atoms with van der Waals surface area (Å²) in [5.74, 6) is 1.99. The molecule has 0 saturated carbocycles. The summed E-state index contributed by atoms with van der Waals surface area (Å²) in [4.78, 5) is 21.4. The second-order valence-electron chi connectivity index (χ2n) is 3.28. The summed E-state index contributed by atoms with van der Waals surface area (Å²) >= 11 is 5.81. The Morgan fingerprint density at radius 3 is 2.83 bits per heavy atom. The van der Waals surface area contributed by atoms with Gasteiger partial charge in [0.15, 0.2) is 0 Å². The number of hydrogen-bond donors (Lipinski definition) is 2. The van der Waals surface area contributed by atoms with E-state index < -0.39 is 4.92 Å². The van der Waals surface area contributed by atoms with Gasteiger partial charge in [-0.3, -0.25) is 20.2 Å². The lowest BCUT2D eigenvalue weighted by atomic mass is 10.3. The highest BCUT2D eigenvalue weighted by molar-refractivity contribution is 6.34. The van der Waals surface area contributed by atoms with E-state index in [0.29, 0.717) is 5.69 Å². The van der Waals surface area contributed by atoms with Gasteiger partial charge in [0.2, 0.25) is 5.91 Å². The highest BCUT2D eigenvalue weighted by Crippen LogP contribution is 2.26. The number of nitrogens with zero attached hydrogens (tertiary/aromatic N) is 1. The Balaban J connectivity index is 2.65. The lowest BCUT2D eigenvalue weighted by Crippen LogP contribution is -2.28.